The van der Waals surface area contributed by atoms with Crippen molar-refractivity contribution in [2.75, 3.05) is 0 Å². The van der Waals surface area contributed by atoms with Gasteiger partial charge in [-0.3, -0.25) is 9.59 Å². The molecule has 2 heteroatoms. The van der Waals surface area contributed by atoms with Gasteiger partial charge in [-0.2, -0.15) is 0 Å². The molecule has 0 aromatic rings. The third kappa shape index (κ3) is 0.809. The molecular weight excluding hydrogens is 200 g/mol. The van der Waals surface area contributed by atoms with Crippen molar-refractivity contribution in [3.8, 4) is 0 Å². The summed E-state index contributed by atoms with van der Waals surface area (Å²) in [4.78, 5) is 23.9. The minimum absolute atomic E-state index is 0.0706. The molecule has 0 amide bonds. The van der Waals surface area contributed by atoms with E-state index in [9.17, 15) is 9.59 Å². The van der Waals surface area contributed by atoms with Gasteiger partial charge in [-0.25, -0.2) is 0 Å². The van der Waals surface area contributed by atoms with Crippen molar-refractivity contribution < 1.29 is 9.59 Å². The van der Waals surface area contributed by atoms with E-state index in [0.29, 0.717) is 11.8 Å². The lowest BCUT2D eigenvalue weighted by atomic mass is 9.47. The van der Waals surface area contributed by atoms with Gasteiger partial charge >= 0.3 is 0 Å². The summed E-state index contributed by atoms with van der Waals surface area (Å²) in [6, 6.07) is 0. The number of hydrogen-bond acceptors (Lipinski definition) is 2. The largest absolute Gasteiger partial charge is 0.294 e. The van der Waals surface area contributed by atoms with E-state index in [0.717, 1.165) is 0 Å². The first-order valence-electron chi connectivity index (χ1n) is 5.90. The van der Waals surface area contributed by atoms with Gasteiger partial charge in [-0.05, 0) is 35.8 Å². The first-order chi connectivity index (χ1) is 7.77. The highest BCUT2D eigenvalue weighted by molar-refractivity contribution is 6.08. The summed E-state index contributed by atoms with van der Waals surface area (Å²) in [6.07, 6.45) is 11.7. The van der Waals surface area contributed by atoms with Gasteiger partial charge in [0.2, 0.25) is 0 Å². The molecule has 0 heterocycles. The van der Waals surface area contributed by atoms with Crippen LogP contribution in [0.4, 0.5) is 0 Å². The molecule has 0 spiro atoms. The minimum Gasteiger partial charge on any atom is -0.294 e. The van der Waals surface area contributed by atoms with E-state index in [1.54, 1.807) is 0 Å². The van der Waals surface area contributed by atoms with E-state index in [1.807, 2.05) is 0 Å². The molecule has 80 valence electrons. The molecule has 2 bridgehead atoms. The van der Waals surface area contributed by atoms with Crippen molar-refractivity contribution >= 4 is 11.6 Å². The van der Waals surface area contributed by atoms with Crippen LogP contribution in [0.2, 0.25) is 0 Å². The molecule has 0 saturated heterocycles. The Bertz CT molecular complexity index is 441. The maximum atomic E-state index is 11.9. The SMILES string of the molecule is O=C1C=CC(=O)C2C3C=CC(C4C=CC43)C12. The Hall–Kier alpha value is -1.44. The van der Waals surface area contributed by atoms with Crippen LogP contribution in [0.25, 0.3) is 0 Å². The topological polar surface area (TPSA) is 34.1 Å². The van der Waals surface area contributed by atoms with Crippen LogP contribution in [-0.4, -0.2) is 11.6 Å². The monoisotopic (exact) mass is 212 g/mol. The zero-order valence-corrected chi connectivity index (χ0v) is 8.74. The van der Waals surface area contributed by atoms with Crippen LogP contribution in [0.5, 0.6) is 0 Å². The summed E-state index contributed by atoms with van der Waals surface area (Å²) < 4.78 is 0. The Morgan fingerprint density at radius 3 is 1.38 bits per heavy atom. The number of allylic oxidation sites excluding steroid dienone is 6. The van der Waals surface area contributed by atoms with E-state index in [1.165, 1.54) is 12.2 Å². The molecule has 0 radical (unpaired) electrons. The predicted octanol–water partition coefficient (Wildman–Crippen LogP) is 1.54. The second kappa shape index (κ2) is 2.62. The normalized spacial score (nSPS) is 51.2. The Morgan fingerprint density at radius 1 is 0.625 bits per heavy atom. The first kappa shape index (κ1) is 8.68. The Kier molecular flexibility index (Phi) is 1.42. The number of hydrogen-bond donors (Lipinski definition) is 0. The summed E-state index contributed by atoms with van der Waals surface area (Å²) >= 11 is 0. The molecule has 5 aliphatic rings. The van der Waals surface area contributed by atoms with Gasteiger partial charge in [0.25, 0.3) is 0 Å². The summed E-state index contributed by atoms with van der Waals surface area (Å²) in [5.41, 5.74) is 0. The zero-order valence-electron chi connectivity index (χ0n) is 8.74. The zero-order chi connectivity index (χ0) is 10.9. The van der Waals surface area contributed by atoms with Crippen molar-refractivity contribution in [1.29, 1.82) is 0 Å². The van der Waals surface area contributed by atoms with E-state index in [2.05, 4.69) is 24.3 Å². The van der Waals surface area contributed by atoms with Crippen LogP contribution in [0, 0.1) is 35.5 Å². The summed E-state index contributed by atoms with van der Waals surface area (Å²) in [6.45, 7) is 0. The maximum Gasteiger partial charge on any atom is 0.160 e. The summed E-state index contributed by atoms with van der Waals surface area (Å²) in [7, 11) is 0. The Morgan fingerprint density at radius 2 is 1.00 bits per heavy atom. The molecule has 0 aromatic carbocycles. The smallest absolute Gasteiger partial charge is 0.160 e. The van der Waals surface area contributed by atoms with Gasteiger partial charge < -0.3 is 0 Å². The molecule has 5 aliphatic carbocycles. The molecule has 16 heavy (non-hydrogen) atoms. The van der Waals surface area contributed by atoms with E-state index in [-0.39, 0.29) is 35.2 Å². The fourth-order valence-electron chi connectivity index (χ4n) is 3.97. The fraction of sp³-hybridized carbons (Fsp3) is 0.429. The van der Waals surface area contributed by atoms with Crippen molar-refractivity contribution in [1.82, 2.24) is 0 Å². The maximum absolute atomic E-state index is 11.9. The van der Waals surface area contributed by atoms with Crippen LogP contribution >= 0.6 is 0 Å². The quantitative estimate of drug-likeness (QED) is 0.571. The summed E-state index contributed by atoms with van der Waals surface area (Å²) in [5, 5.41) is 0. The number of carbonyl (C=O) groups is 2. The Balaban J connectivity index is 1.88. The second-order valence-corrected chi connectivity index (χ2v) is 5.27. The van der Waals surface area contributed by atoms with Gasteiger partial charge in [0.1, 0.15) is 0 Å². The molecule has 6 unspecified atom stereocenters. The van der Waals surface area contributed by atoms with Gasteiger partial charge in [0.05, 0.1) is 0 Å². The van der Waals surface area contributed by atoms with Gasteiger partial charge in [-0.15, -0.1) is 0 Å². The van der Waals surface area contributed by atoms with Crippen LogP contribution < -0.4 is 0 Å². The average Bonchev–Trinajstić information content (AvgIpc) is 2.23. The average molecular weight is 212 g/mol. The molecule has 1 saturated carbocycles. The predicted molar refractivity (Wildman–Crippen MR) is 58.4 cm³/mol. The first-order valence-corrected chi connectivity index (χ1v) is 5.90. The summed E-state index contributed by atoms with van der Waals surface area (Å²) in [5.74, 6) is 1.74. The molecular formula is C14H12O2. The van der Waals surface area contributed by atoms with Gasteiger partial charge in [0.15, 0.2) is 11.6 Å². The molecule has 2 nitrogen and oxygen atoms in total. The number of rotatable bonds is 0. The van der Waals surface area contributed by atoms with Crippen LogP contribution in [-0.2, 0) is 9.59 Å². The van der Waals surface area contributed by atoms with E-state index >= 15 is 0 Å². The van der Waals surface area contributed by atoms with E-state index in [4.69, 9.17) is 0 Å². The highest BCUT2D eigenvalue weighted by Crippen LogP contribution is 2.57. The fourth-order valence-corrected chi connectivity index (χ4v) is 3.97. The van der Waals surface area contributed by atoms with E-state index < -0.39 is 0 Å². The number of ketones is 2. The molecule has 0 aromatic heterocycles. The second-order valence-electron chi connectivity index (χ2n) is 5.27. The van der Waals surface area contributed by atoms with Gasteiger partial charge in [-0.1, -0.05) is 24.3 Å². The minimum atomic E-state index is -0.0706. The van der Waals surface area contributed by atoms with Crippen LogP contribution in [0.1, 0.15) is 0 Å². The lowest BCUT2D eigenvalue weighted by Gasteiger charge is -2.54. The lowest BCUT2D eigenvalue weighted by Crippen LogP contribution is -2.55. The van der Waals surface area contributed by atoms with Crippen LogP contribution in [0.3, 0.4) is 0 Å². The highest BCUT2D eigenvalue weighted by Gasteiger charge is 2.56. The molecule has 5 rings (SSSR count). The highest BCUT2D eigenvalue weighted by atomic mass is 16.1. The molecule has 0 aliphatic heterocycles. The Labute approximate surface area is 93.7 Å². The molecule has 6 atom stereocenters. The van der Waals surface area contributed by atoms with Gasteiger partial charge in [0, 0.05) is 11.8 Å². The third-order valence-electron chi connectivity index (χ3n) is 4.73. The number of carbonyl (C=O) groups excluding carboxylic acids is 2. The molecule has 0 N–H and O–H groups in total. The van der Waals surface area contributed by atoms with Crippen molar-refractivity contribution in [3.05, 3.63) is 36.5 Å². The third-order valence-corrected chi connectivity index (χ3v) is 4.73. The standard InChI is InChI=1S/C14H12O2/c15-11-5-6-12(16)14-10-4-3-9(13(11)14)7-1-2-8(7)10/h1-10,13-14H. The lowest BCUT2D eigenvalue weighted by molar-refractivity contribution is -0.137. The molecule has 1 fully saturated rings. The van der Waals surface area contributed by atoms with Crippen LogP contribution in [0.15, 0.2) is 36.5 Å². The van der Waals surface area contributed by atoms with Crippen molar-refractivity contribution in [2.45, 2.75) is 0 Å². The van der Waals surface area contributed by atoms with Crippen molar-refractivity contribution in [2.24, 2.45) is 35.5 Å². The van der Waals surface area contributed by atoms with Crippen molar-refractivity contribution in [3.63, 3.8) is 0 Å².